The largest absolute Gasteiger partial charge is 0.497 e. The van der Waals surface area contributed by atoms with Gasteiger partial charge in [-0.1, -0.05) is 11.2 Å². The van der Waals surface area contributed by atoms with Crippen molar-refractivity contribution >= 4 is 28.5 Å². The number of hydrogen-bond acceptors (Lipinski definition) is 8. The Morgan fingerprint density at radius 1 is 1.12 bits per heavy atom. The first-order chi connectivity index (χ1) is 15.6. The molecule has 0 unspecified atom stereocenters. The Morgan fingerprint density at radius 2 is 1.97 bits per heavy atom. The van der Waals surface area contributed by atoms with Crippen molar-refractivity contribution in [1.29, 1.82) is 0 Å². The van der Waals surface area contributed by atoms with Crippen molar-refractivity contribution in [3.05, 3.63) is 36.3 Å². The molecular weight excluding hydrogens is 408 g/mol. The number of piperazine rings is 1. The number of methoxy groups -OCH3 is 1. The molecule has 168 valence electrons. The van der Waals surface area contributed by atoms with Crippen molar-refractivity contribution in [3.63, 3.8) is 0 Å². The van der Waals surface area contributed by atoms with Crippen LogP contribution in [0.2, 0.25) is 0 Å². The number of anilines is 2. The summed E-state index contributed by atoms with van der Waals surface area (Å²) in [6.45, 7) is 6.52. The fourth-order valence-electron chi connectivity index (χ4n) is 4.77. The van der Waals surface area contributed by atoms with E-state index in [1.807, 2.05) is 30.0 Å². The molecule has 9 heteroatoms. The first-order valence-electron chi connectivity index (χ1n) is 11.1. The van der Waals surface area contributed by atoms with Gasteiger partial charge >= 0.3 is 0 Å². The molecule has 9 nitrogen and oxygen atoms in total. The van der Waals surface area contributed by atoms with E-state index in [1.165, 1.54) is 6.33 Å². The summed E-state index contributed by atoms with van der Waals surface area (Å²) in [6.07, 6.45) is 3.36. The number of hydrogen-bond donors (Lipinski definition) is 0. The SMILES string of the molecule is COc1cccc(N2CCN(C(=O)[C@H]3CCCN(c4ncnc5onc(C)c45)C3)CC2)c1. The van der Waals surface area contributed by atoms with E-state index >= 15 is 0 Å². The number of fused-ring (bicyclic) bond motifs is 1. The summed E-state index contributed by atoms with van der Waals surface area (Å²) >= 11 is 0. The van der Waals surface area contributed by atoms with Crippen LogP contribution in [0.5, 0.6) is 5.75 Å². The second-order valence-corrected chi connectivity index (χ2v) is 8.44. The smallest absolute Gasteiger partial charge is 0.263 e. The molecule has 2 aromatic heterocycles. The lowest BCUT2D eigenvalue weighted by atomic mass is 9.96. The minimum Gasteiger partial charge on any atom is -0.497 e. The molecule has 2 aliphatic heterocycles. The number of carbonyl (C=O) groups excluding carboxylic acids is 1. The van der Waals surface area contributed by atoms with Crippen molar-refractivity contribution in [2.24, 2.45) is 5.92 Å². The molecular formula is C23H28N6O3. The zero-order valence-electron chi connectivity index (χ0n) is 18.5. The number of ether oxygens (including phenoxy) is 1. The molecule has 0 spiro atoms. The van der Waals surface area contributed by atoms with E-state index in [-0.39, 0.29) is 11.8 Å². The molecule has 1 aromatic carbocycles. The highest BCUT2D eigenvalue weighted by molar-refractivity contribution is 5.88. The quantitative estimate of drug-likeness (QED) is 0.617. The zero-order valence-corrected chi connectivity index (χ0v) is 18.5. The highest BCUT2D eigenvalue weighted by atomic mass is 16.5. The lowest BCUT2D eigenvalue weighted by Gasteiger charge is -2.40. The lowest BCUT2D eigenvalue weighted by molar-refractivity contribution is -0.136. The first kappa shape index (κ1) is 20.5. The summed E-state index contributed by atoms with van der Waals surface area (Å²) in [5.74, 6) is 1.88. The van der Waals surface area contributed by atoms with E-state index in [1.54, 1.807) is 7.11 Å². The molecule has 0 bridgehead atoms. The van der Waals surface area contributed by atoms with Crippen LogP contribution in [-0.4, -0.2) is 72.3 Å². The van der Waals surface area contributed by atoms with E-state index in [2.05, 4.69) is 31.0 Å². The van der Waals surface area contributed by atoms with E-state index in [4.69, 9.17) is 9.26 Å². The summed E-state index contributed by atoms with van der Waals surface area (Å²) in [6, 6.07) is 8.09. The van der Waals surface area contributed by atoms with Crippen molar-refractivity contribution in [2.45, 2.75) is 19.8 Å². The second kappa shape index (κ2) is 8.64. The van der Waals surface area contributed by atoms with Gasteiger partial charge in [-0.05, 0) is 31.9 Å². The number of nitrogens with zero attached hydrogens (tertiary/aromatic N) is 6. The van der Waals surface area contributed by atoms with Crippen LogP contribution < -0.4 is 14.5 Å². The van der Waals surface area contributed by atoms with Gasteiger partial charge in [-0.2, -0.15) is 4.98 Å². The number of rotatable bonds is 4. The Balaban J connectivity index is 1.24. The van der Waals surface area contributed by atoms with Gasteiger partial charge in [-0.3, -0.25) is 4.79 Å². The molecule has 32 heavy (non-hydrogen) atoms. The number of carbonyl (C=O) groups is 1. The highest BCUT2D eigenvalue weighted by Gasteiger charge is 2.32. The summed E-state index contributed by atoms with van der Waals surface area (Å²) < 4.78 is 10.6. The van der Waals surface area contributed by atoms with Crippen LogP contribution in [-0.2, 0) is 4.79 Å². The predicted octanol–water partition coefficient (Wildman–Crippen LogP) is 2.50. The van der Waals surface area contributed by atoms with E-state index < -0.39 is 0 Å². The van der Waals surface area contributed by atoms with E-state index in [9.17, 15) is 4.79 Å². The summed E-state index contributed by atoms with van der Waals surface area (Å²) in [7, 11) is 1.68. The molecule has 3 aromatic rings. The van der Waals surface area contributed by atoms with Crippen LogP contribution in [0.1, 0.15) is 18.5 Å². The Hall–Kier alpha value is -3.36. The molecule has 2 aliphatic rings. The Kier molecular flexibility index (Phi) is 5.55. The molecule has 4 heterocycles. The Morgan fingerprint density at radius 3 is 2.78 bits per heavy atom. The van der Waals surface area contributed by atoms with Crippen LogP contribution >= 0.6 is 0 Å². The zero-order chi connectivity index (χ0) is 22.1. The lowest BCUT2D eigenvalue weighted by Crippen LogP contribution is -2.52. The van der Waals surface area contributed by atoms with Gasteiger partial charge in [0.1, 0.15) is 23.3 Å². The summed E-state index contributed by atoms with van der Waals surface area (Å²) in [4.78, 5) is 28.5. The molecule has 2 saturated heterocycles. The fourth-order valence-corrected chi connectivity index (χ4v) is 4.77. The topological polar surface area (TPSA) is 87.8 Å². The van der Waals surface area contributed by atoms with Gasteiger partial charge in [0, 0.05) is 51.0 Å². The highest BCUT2D eigenvalue weighted by Crippen LogP contribution is 2.30. The summed E-state index contributed by atoms with van der Waals surface area (Å²) in [5.41, 5.74) is 2.41. The molecule has 5 rings (SSSR count). The standard InChI is InChI=1S/C23H28N6O3/c1-16-20-21(24-15-25-22(20)32-26-16)29-8-4-5-17(14-29)23(30)28-11-9-27(10-12-28)18-6-3-7-19(13-18)31-2/h3,6-7,13,15,17H,4-5,8-12,14H2,1-2H3/t17-/m0/s1. The third-order valence-corrected chi connectivity index (χ3v) is 6.50. The Bertz CT molecular complexity index is 1110. The van der Waals surface area contributed by atoms with Gasteiger partial charge in [0.25, 0.3) is 5.71 Å². The van der Waals surface area contributed by atoms with Crippen LogP contribution in [0.25, 0.3) is 11.1 Å². The third kappa shape index (κ3) is 3.83. The average Bonchev–Trinajstić information content (AvgIpc) is 3.25. The number of aryl methyl sites for hydroxylation is 1. The van der Waals surface area contributed by atoms with Crippen molar-refractivity contribution < 1.29 is 14.1 Å². The van der Waals surface area contributed by atoms with Gasteiger partial charge in [0.2, 0.25) is 5.91 Å². The fraction of sp³-hybridized carbons (Fsp3) is 0.478. The molecule has 0 radical (unpaired) electrons. The first-order valence-corrected chi connectivity index (χ1v) is 11.1. The van der Waals surface area contributed by atoms with Crippen LogP contribution in [0.3, 0.4) is 0 Å². The van der Waals surface area contributed by atoms with E-state index in [0.717, 1.165) is 73.9 Å². The average molecular weight is 437 g/mol. The third-order valence-electron chi connectivity index (χ3n) is 6.50. The molecule has 2 fully saturated rings. The number of aromatic nitrogens is 3. The van der Waals surface area contributed by atoms with Gasteiger partial charge in [0.15, 0.2) is 0 Å². The van der Waals surface area contributed by atoms with E-state index in [0.29, 0.717) is 12.3 Å². The molecule has 0 saturated carbocycles. The van der Waals surface area contributed by atoms with Gasteiger partial charge < -0.3 is 24.0 Å². The van der Waals surface area contributed by atoms with Gasteiger partial charge in [-0.15, -0.1) is 0 Å². The monoisotopic (exact) mass is 436 g/mol. The van der Waals surface area contributed by atoms with Crippen molar-refractivity contribution in [1.82, 2.24) is 20.0 Å². The minimum atomic E-state index is -0.0303. The Labute approximate surface area is 186 Å². The second-order valence-electron chi connectivity index (χ2n) is 8.44. The van der Waals surface area contributed by atoms with Crippen LogP contribution in [0, 0.1) is 12.8 Å². The number of amides is 1. The van der Waals surface area contributed by atoms with Crippen molar-refractivity contribution in [2.75, 3.05) is 56.2 Å². The maximum Gasteiger partial charge on any atom is 0.263 e. The van der Waals surface area contributed by atoms with Gasteiger partial charge in [-0.25, -0.2) is 4.98 Å². The molecule has 1 atom stereocenters. The molecule has 1 amide bonds. The molecule has 0 N–H and O–H groups in total. The van der Waals surface area contributed by atoms with Gasteiger partial charge in [0.05, 0.1) is 18.7 Å². The minimum absolute atomic E-state index is 0.0303. The van der Waals surface area contributed by atoms with Crippen molar-refractivity contribution in [3.8, 4) is 5.75 Å². The predicted molar refractivity (Wildman–Crippen MR) is 121 cm³/mol. The molecule has 0 aliphatic carbocycles. The van der Waals surface area contributed by atoms with Crippen LogP contribution in [0.4, 0.5) is 11.5 Å². The number of piperidine rings is 1. The summed E-state index contributed by atoms with van der Waals surface area (Å²) in [5, 5.41) is 4.87. The maximum absolute atomic E-state index is 13.4. The normalized spacial score (nSPS) is 19.4. The van der Waals surface area contributed by atoms with Crippen LogP contribution in [0.15, 0.2) is 35.1 Å². The maximum atomic E-state index is 13.4. The number of benzene rings is 1.